The summed E-state index contributed by atoms with van der Waals surface area (Å²) in [6.45, 7) is 0.765. The Labute approximate surface area is 110 Å². The zero-order chi connectivity index (χ0) is 10.4. The molecule has 0 radical (unpaired) electrons. The zero-order valence-corrected chi connectivity index (χ0v) is 12.4. The Hall–Kier alpha value is 0.460. The van der Waals surface area contributed by atoms with Crippen molar-refractivity contribution in [1.82, 2.24) is 0 Å². The van der Waals surface area contributed by atoms with Gasteiger partial charge in [0.15, 0.2) is 0 Å². The lowest BCUT2D eigenvalue weighted by Crippen LogP contribution is -1.98. The summed E-state index contributed by atoms with van der Waals surface area (Å²) < 4.78 is 7.66. The van der Waals surface area contributed by atoms with Crippen molar-refractivity contribution in [1.29, 1.82) is 0 Å². The van der Waals surface area contributed by atoms with Gasteiger partial charge in [-0.1, -0.05) is 31.9 Å². The molecular formula is C10H11Br3O. The summed E-state index contributed by atoms with van der Waals surface area (Å²) in [7, 11) is 0. The fourth-order valence-electron chi connectivity index (χ4n) is 0.966. The second-order valence-electron chi connectivity index (χ2n) is 2.82. The number of ether oxygens (including phenoxy) is 1. The molecule has 0 heterocycles. The molecular weight excluding hydrogens is 376 g/mol. The number of unbranched alkanes of at least 4 members (excludes halogenated alkanes) is 1. The zero-order valence-electron chi connectivity index (χ0n) is 7.60. The van der Waals surface area contributed by atoms with Gasteiger partial charge in [0.25, 0.3) is 0 Å². The third-order valence-corrected chi connectivity index (χ3v) is 3.39. The molecule has 0 saturated carbocycles. The van der Waals surface area contributed by atoms with Crippen LogP contribution in [0.4, 0.5) is 0 Å². The average Bonchev–Trinajstić information content (AvgIpc) is 2.18. The molecule has 1 nitrogen and oxygen atoms in total. The first-order valence-corrected chi connectivity index (χ1v) is 7.08. The molecule has 0 spiro atoms. The molecule has 14 heavy (non-hydrogen) atoms. The van der Waals surface area contributed by atoms with Gasteiger partial charge in [0.05, 0.1) is 11.1 Å². The summed E-state index contributed by atoms with van der Waals surface area (Å²) in [6, 6.07) is 5.93. The van der Waals surface area contributed by atoms with E-state index in [4.69, 9.17) is 4.74 Å². The van der Waals surface area contributed by atoms with Gasteiger partial charge in [-0.3, -0.25) is 0 Å². The van der Waals surface area contributed by atoms with E-state index in [1.54, 1.807) is 0 Å². The van der Waals surface area contributed by atoms with Gasteiger partial charge in [-0.05, 0) is 47.0 Å². The molecule has 0 saturated heterocycles. The van der Waals surface area contributed by atoms with Crippen molar-refractivity contribution in [3.8, 4) is 5.75 Å². The van der Waals surface area contributed by atoms with E-state index in [0.717, 1.165) is 39.5 Å². The van der Waals surface area contributed by atoms with Crippen molar-refractivity contribution >= 4 is 47.8 Å². The molecule has 0 N–H and O–H groups in total. The molecule has 0 bridgehead atoms. The predicted molar refractivity (Wildman–Crippen MR) is 70.4 cm³/mol. The van der Waals surface area contributed by atoms with Crippen LogP contribution in [0.3, 0.4) is 0 Å². The molecule has 0 unspecified atom stereocenters. The van der Waals surface area contributed by atoms with Crippen LogP contribution in [0.2, 0.25) is 0 Å². The van der Waals surface area contributed by atoms with Gasteiger partial charge in [-0.2, -0.15) is 0 Å². The highest BCUT2D eigenvalue weighted by atomic mass is 79.9. The summed E-state index contributed by atoms with van der Waals surface area (Å²) in [5, 5.41) is 1.04. The highest BCUT2D eigenvalue weighted by Crippen LogP contribution is 2.28. The molecule has 0 atom stereocenters. The lowest BCUT2D eigenvalue weighted by molar-refractivity contribution is 0.308. The number of alkyl halides is 1. The summed E-state index contributed by atoms with van der Waals surface area (Å²) in [4.78, 5) is 0. The Bertz CT molecular complexity index is 289. The Kier molecular flexibility index (Phi) is 6.13. The molecule has 1 rings (SSSR count). The van der Waals surface area contributed by atoms with Crippen LogP contribution >= 0.6 is 47.8 Å². The van der Waals surface area contributed by atoms with E-state index in [1.807, 2.05) is 18.2 Å². The third kappa shape index (κ3) is 4.32. The van der Waals surface area contributed by atoms with Gasteiger partial charge in [0.1, 0.15) is 5.75 Å². The highest BCUT2D eigenvalue weighted by Gasteiger charge is 2.00. The Morgan fingerprint density at radius 1 is 1.14 bits per heavy atom. The maximum atomic E-state index is 5.62. The molecule has 1 aromatic rings. The highest BCUT2D eigenvalue weighted by molar-refractivity contribution is 9.11. The van der Waals surface area contributed by atoms with Crippen LogP contribution in [0, 0.1) is 0 Å². The minimum Gasteiger partial charge on any atom is -0.492 e. The van der Waals surface area contributed by atoms with E-state index in [1.165, 1.54) is 0 Å². The Morgan fingerprint density at radius 3 is 2.64 bits per heavy atom. The fourth-order valence-corrected chi connectivity index (χ4v) is 2.06. The van der Waals surface area contributed by atoms with Crippen molar-refractivity contribution in [2.24, 2.45) is 0 Å². The minimum atomic E-state index is 0.765. The SMILES string of the molecule is BrCCCCOc1cc(Br)ccc1Br. The van der Waals surface area contributed by atoms with E-state index in [0.29, 0.717) is 0 Å². The molecule has 0 aromatic heterocycles. The normalized spacial score (nSPS) is 10.2. The molecule has 0 fully saturated rings. The van der Waals surface area contributed by atoms with Crippen molar-refractivity contribution in [2.45, 2.75) is 12.8 Å². The van der Waals surface area contributed by atoms with Crippen molar-refractivity contribution in [3.05, 3.63) is 27.1 Å². The van der Waals surface area contributed by atoms with Crippen LogP contribution in [0.1, 0.15) is 12.8 Å². The predicted octanol–water partition coefficient (Wildman–Crippen LogP) is 4.77. The average molecular weight is 387 g/mol. The van der Waals surface area contributed by atoms with Crippen LogP contribution in [-0.4, -0.2) is 11.9 Å². The van der Waals surface area contributed by atoms with Crippen LogP contribution in [0.15, 0.2) is 27.1 Å². The molecule has 0 aliphatic rings. The third-order valence-electron chi connectivity index (χ3n) is 1.68. The first-order valence-electron chi connectivity index (χ1n) is 4.38. The minimum absolute atomic E-state index is 0.765. The second-order valence-corrected chi connectivity index (χ2v) is 5.38. The monoisotopic (exact) mass is 384 g/mol. The summed E-state index contributed by atoms with van der Waals surface area (Å²) in [5.74, 6) is 0.897. The number of hydrogen-bond acceptors (Lipinski definition) is 1. The molecule has 78 valence electrons. The summed E-state index contributed by atoms with van der Waals surface area (Å²) in [5.41, 5.74) is 0. The quantitative estimate of drug-likeness (QED) is 0.523. The summed E-state index contributed by atoms with van der Waals surface area (Å²) in [6.07, 6.45) is 2.22. The number of rotatable bonds is 5. The van der Waals surface area contributed by atoms with E-state index < -0.39 is 0 Å². The fraction of sp³-hybridized carbons (Fsp3) is 0.400. The Morgan fingerprint density at radius 2 is 1.93 bits per heavy atom. The van der Waals surface area contributed by atoms with Crippen molar-refractivity contribution in [3.63, 3.8) is 0 Å². The molecule has 0 amide bonds. The maximum absolute atomic E-state index is 5.62. The standard InChI is InChI=1S/C10H11Br3O/c11-5-1-2-6-14-10-7-8(12)3-4-9(10)13/h3-4,7H,1-2,5-6H2. The molecule has 0 aliphatic carbocycles. The maximum Gasteiger partial charge on any atom is 0.134 e. The van der Waals surface area contributed by atoms with Crippen molar-refractivity contribution in [2.75, 3.05) is 11.9 Å². The molecule has 4 heteroatoms. The van der Waals surface area contributed by atoms with Gasteiger partial charge in [0.2, 0.25) is 0 Å². The van der Waals surface area contributed by atoms with Gasteiger partial charge in [-0.25, -0.2) is 0 Å². The van der Waals surface area contributed by atoms with Gasteiger partial charge in [0, 0.05) is 9.80 Å². The topological polar surface area (TPSA) is 9.23 Å². The lowest BCUT2D eigenvalue weighted by atomic mass is 10.3. The number of hydrogen-bond donors (Lipinski definition) is 0. The van der Waals surface area contributed by atoms with Crippen LogP contribution in [-0.2, 0) is 0 Å². The van der Waals surface area contributed by atoms with E-state index in [9.17, 15) is 0 Å². The smallest absolute Gasteiger partial charge is 0.134 e. The number of benzene rings is 1. The largest absolute Gasteiger partial charge is 0.492 e. The van der Waals surface area contributed by atoms with Gasteiger partial charge >= 0.3 is 0 Å². The van der Waals surface area contributed by atoms with Crippen LogP contribution < -0.4 is 4.74 Å². The molecule has 0 aliphatic heterocycles. The van der Waals surface area contributed by atoms with Gasteiger partial charge in [-0.15, -0.1) is 0 Å². The first kappa shape index (κ1) is 12.5. The first-order chi connectivity index (χ1) is 6.74. The van der Waals surface area contributed by atoms with Crippen molar-refractivity contribution < 1.29 is 4.74 Å². The van der Waals surface area contributed by atoms with Gasteiger partial charge < -0.3 is 4.74 Å². The summed E-state index contributed by atoms with van der Waals surface area (Å²) >= 11 is 10.2. The Balaban J connectivity index is 2.45. The van der Waals surface area contributed by atoms with Crippen LogP contribution in [0.25, 0.3) is 0 Å². The number of halogens is 3. The lowest BCUT2D eigenvalue weighted by Gasteiger charge is -2.07. The van der Waals surface area contributed by atoms with Crippen LogP contribution in [0.5, 0.6) is 5.75 Å². The second kappa shape index (κ2) is 6.85. The van der Waals surface area contributed by atoms with E-state index in [2.05, 4.69) is 47.8 Å². The van der Waals surface area contributed by atoms with E-state index >= 15 is 0 Å². The van der Waals surface area contributed by atoms with E-state index in [-0.39, 0.29) is 0 Å². The molecule has 1 aromatic carbocycles.